The van der Waals surface area contributed by atoms with Crippen LogP contribution in [0.2, 0.25) is 0 Å². The summed E-state index contributed by atoms with van der Waals surface area (Å²) in [7, 11) is 0. The van der Waals surface area contributed by atoms with Crippen molar-refractivity contribution >= 4 is 11.6 Å². The van der Waals surface area contributed by atoms with Crippen LogP contribution in [0.1, 0.15) is 51.8 Å². The van der Waals surface area contributed by atoms with Crippen molar-refractivity contribution in [3.8, 4) is 0 Å². The van der Waals surface area contributed by atoms with E-state index in [1.54, 1.807) is 0 Å². The fourth-order valence-electron chi connectivity index (χ4n) is 2.50. The molecule has 1 heterocycles. The molecule has 0 spiro atoms. The first-order valence-corrected chi connectivity index (χ1v) is 7.77. The summed E-state index contributed by atoms with van der Waals surface area (Å²) >= 11 is 0. The lowest BCUT2D eigenvalue weighted by Crippen LogP contribution is -2.28. The maximum atomic E-state index is 9.55. The number of anilines is 2. The first kappa shape index (κ1) is 15.0. The zero-order chi connectivity index (χ0) is 14.4. The third kappa shape index (κ3) is 4.34. The van der Waals surface area contributed by atoms with E-state index in [-0.39, 0.29) is 6.10 Å². The number of hydrogen-bond acceptors (Lipinski definition) is 5. The minimum Gasteiger partial charge on any atom is -0.393 e. The van der Waals surface area contributed by atoms with Gasteiger partial charge in [-0.3, -0.25) is 0 Å². The number of aliphatic hydroxyl groups is 1. The third-order valence-electron chi connectivity index (χ3n) is 3.69. The van der Waals surface area contributed by atoms with E-state index in [0.717, 1.165) is 62.5 Å². The fourth-order valence-corrected chi connectivity index (χ4v) is 2.50. The molecule has 0 radical (unpaired) electrons. The lowest BCUT2D eigenvalue weighted by Gasteiger charge is -2.26. The van der Waals surface area contributed by atoms with Gasteiger partial charge in [-0.1, -0.05) is 13.8 Å². The molecule has 5 heteroatoms. The maximum Gasteiger partial charge on any atom is 0.132 e. The molecule has 0 aliphatic heterocycles. The molecule has 20 heavy (non-hydrogen) atoms. The summed E-state index contributed by atoms with van der Waals surface area (Å²) in [6.45, 7) is 5.14. The highest BCUT2D eigenvalue weighted by Crippen LogP contribution is 2.22. The van der Waals surface area contributed by atoms with Crippen molar-refractivity contribution in [1.29, 1.82) is 0 Å². The number of hydrogen-bond donors (Lipinski definition) is 3. The Bertz CT molecular complexity index is 416. The van der Waals surface area contributed by atoms with Gasteiger partial charge in [0.2, 0.25) is 0 Å². The van der Waals surface area contributed by atoms with Crippen LogP contribution in [0.15, 0.2) is 6.07 Å². The van der Waals surface area contributed by atoms with Gasteiger partial charge in [-0.15, -0.1) is 0 Å². The van der Waals surface area contributed by atoms with Crippen molar-refractivity contribution in [2.24, 2.45) is 0 Å². The first-order chi connectivity index (χ1) is 9.71. The van der Waals surface area contributed by atoms with E-state index in [1.165, 1.54) is 0 Å². The molecule has 0 saturated heterocycles. The fraction of sp³-hybridized carbons (Fsp3) is 0.733. The van der Waals surface area contributed by atoms with E-state index in [9.17, 15) is 5.11 Å². The molecule has 3 N–H and O–H groups in total. The number of rotatable bonds is 6. The second kappa shape index (κ2) is 7.43. The monoisotopic (exact) mass is 278 g/mol. The highest BCUT2D eigenvalue weighted by molar-refractivity contribution is 5.48. The summed E-state index contributed by atoms with van der Waals surface area (Å²) in [5.74, 6) is 2.67. The molecule has 1 aromatic heterocycles. The van der Waals surface area contributed by atoms with Gasteiger partial charge in [-0.05, 0) is 32.1 Å². The molecule has 5 nitrogen and oxygen atoms in total. The van der Waals surface area contributed by atoms with Gasteiger partial charge >= 0.3 is 0 Å². The summed E-state index contributed by atoms with van der Waals surface area (Å²) in [4.78, 5) is 9.04. The molecule has 1 fully saturated rings. The molecule has 1 aliphatic carbocycles. The molecule has 0 amide bonds. The Labute approximate surface area is 121 Å². The summed E-state index contributed by atoms with van der Waals surface area (Å²) in [6.07, 6.45) is 5.56. The predicted molar refractivity (Wildman–Crippen MR) is 82.1 cm³/mol. The van der Waals surface area contributed by atoms with Crippen molar-refractivity contribution < 1.29 is 5.11 Å². The molecule has 0 atom stereocenters. The van der Waals surface area contributed by atoms with Gasteiger partial charge in [-0.2, -0.15) is 0 Å². The van der Waals surface area contributed by atoms with Gasteiger partial charge in [0, 0.05) is 25.1 Å². The van der Waals surface area contributed by atoms with Crippen LogP contribution in [-0.2, 0) is 6.42 Å². The highest BCUT2D eigenvalue weighted by atomic mass is 16.3. The Balaban J connectivity index is 2.02. The standard InChI is InChI=1S/C15H26N4O/c1-3-9-16-14-10-15(19-13(4-2)18-14)17-11-5-7-12(20)8-6-11/h10-12,20H,3-9H2,1-2H3,(H2,16,17,18,19). The van der Waals surface area contributed by atoms with Crippen molar-refractivity contribution in [1.82, 2.24) is 9.97 Å². The molecule has 0 aromatic carbocycles. The Kier molecular flexibility index (Phi) is 5.59. The summed E-state index contributed by atoms with van der Waals surface area (Å²) in [5, 5.41) is 16.4. The molecule has 0 unspecified atom stereocenters. The van der Waals surface area contributed by atoms with E-state index < -0.39 is 0 Å². The average molecular weight is 278 g/mol. The Morgan fingerprint density at radius 3 is 2.50 bits per heavy atom. The van der Waals surface area contributed by atoms with Crippen molar-refractivity contribution in [3.05, 3.63) is 11.9 Å². The number of nitrogens with one attached hydrogen (secondary N) is 2. The van der Waals surface area contributed by atoms with Gasteiger partial charge in [-0.25, -0.2) is 9.97 Å². The van der Waals surface area contributed by atoms with Gasteiger partial charge in [0.15, 0.2) is 0 Å². The minimum absolute atomic E-state index is 0.119. The lowest BCUT2D eigenvalue weighted by molar-refractivity contribution is 0.126. The normalized spacial score (nSPS) is 22.6. The van der Waals surface area contributed by atoms with Crippen LogP contribution in [-0.4, -0.2) is 33.8 Å². The predicted octanol–water partition coefficient (Wildman–Crippen LogP) is 2.58. The van der Waals surface area contributed by atoms with Gasteiger partial charge < -0.3 is 15.7 Å². The van der Waals surface area contributed by atoms with E-state index in [0.29, 0.717) is 6.04 Å². The van der Waals surface area contributed by atoms with Crippen LogP contribution in [0, 0.1) is 0 Å². The molecule has 0 bridgehead atoms. The smallest absolute Gasteiger partial charge is 0.132 e. The second-order valence-corrected chi connectivity index (χ2v) is 5.48. The van der Waals surface area contributed by atoms with Gasteiger partial charge in [0.05, 0.1) is 6.10 Å². The van der Waals surface area contributed by atoms with Crippen LogP contribution in [0.25, 0.3) is 0 Å². The minimum atomic E-state index is -0.119. The molecule has 2 rings (SSSR count). The molecule has 1 aromatic rings. The van der Waals surface area contributed by atoms with Crippen LogP contribution in [0.3, 0.4) is 0 Å². The summed E-state index contributed by atoms with van der Waals surface area (Å²) < 4.78 is 0. The van der Waals surface area contributed by atoms with Crippen LogP contribution in [0.4, 0.5) is 11.6 Å². The van der Waals surface area contributed by atoms with Gasteiger partial charge in [0.1, 0.15) is 17.5 Å². The zero-order valence-electron chi connectivity index (χ0n) is 12.5. The molecular weight excluding hydrogens is 252 g/mol. The lowest BCUT2D eigenvalue weighted by atomic mass is 9.93. The van der Waals surface area contributed by atoms with Crippen molar-refractivity contribution in [2.45, 2.75) is 64.5 Å². The molecule has 1 aliphatic rings. The SMILES string of the molecule is CCCNc1cc(NC2CCC(O)CC2)nc(CC)n1. The van der Waals surface area contributed by atoms with Crippen molar-refractivity contribution in [3.63, 3.8) is 0 Å². The maximum absolute atomic E-state index is 9.55. The van der Waals surface area contributed by atoms with E-state index >= 15 is 0 Å². The average Bonchev–Trinajstić information content (AvgIpc) is 2.47. The zero-order valence-corrected chi connectivity index (χ0v) is 12.5. The Morgan fingerprint density at radius 2 is 1.85 bits per heavy atom. The number of aryl methyl sites for hydroxylation is 1. The number of aromatic nitrogens is 2. The van der Waals surface area contributed by atoms with E-state index in [4.69, 9.17) is 0 Å². The molecule has 1 saturated carbocycles. The Morgan fingerprint density at radius 1 is 1.15 bits per heavy atom. The van der Waals surface area contributed by atoms with E-state index in [1.807, 2.05) is 6.07 Å². The van der Waals surface area contributed by atoms with Crippen LogP contribution < -0.4 is 10.6 Å². The molecular formula is C15H26N4O. The second-order valence-electron chi connectivity index (χ2n) is 5.48. The summed E-state index contributed by atoms with van der Waals surface area (Å²) in [5.41, 5.74) is 0. The number of aliphatic hydroxyl groups excluding tert-OH is 1. The topological polar surface area (TPSA) is 70.1 Å². The highest BCUT2D eigenvalue weighted by Gasteiger charge is 2.19. The molecule has 112 valence electrons. The van der Waals surface area contributed by atoms with Crippen LogP contribution in [0.5, 0.6) is 0 Å². The van der Waals surface area contributed by atoms with Gasteiger partial charge in [0.25, 0.3) is 0 Å². The number of nitrogens with zero attached hydrogens (tertiary/aromatic N) is 2. The largest absolute Gasteiger partial charge is 0.393 e. The van der Waals surface area contributed by atoms with Crippen LogP contribution >= 0.6 is 0 Å². The third-order valence-corrected chi connectivity index (χ3v) is 3.69. The van der Waals surface area contributed by atoms with E-state index in [2.05, 4.69) is 34.4 Å². The Hall–Kier alpha value is -1.36. The summed E-state index contributed by atoms with van der Waals surface area (Å²) in [6, 6.07) is 2.40. The van der Waals surface area contributed by atoms with Crippen molar-refractivity contribution in [2.75, 3.05) is 17.2 Å². The first-order valence-electron chi connectivity index (χ1n) is 7.77. The quantitative estimate of drug-likeness (QED) is 0.746.